The summed E-state index contributed by atoms with van der Waals surface area (Å²) in [5.74, 6) is 1.88. The molecule has 0 aliphatic carbocycles. The van der Waals surface area contributed by atoms with Gasteiger partial charge in [-0.05, 0) is 43.3 Å². The number of nitrogens with one attached hydrogen (secondary N) is 1. The molecule has 2 aromatic rings. The van der Waals surface area contributed by atoms with E-state index in [0.29, 0.717) is 27.9 Å². The van der Waals surface area contributed by atoms with Gasteiger partial charge in [0.2, 0.25) is 4.77 Å². The highest BCUT2D eigenvalue weighted by Crippen LogP contribution is 2.35. The first kappa shape index (κ1) is 17.5. The van der Waals surface area contributed by atoms with Crippen LogP contribution in [0.3, 0.4) is 0 Å². The number of halogens is 1. The van der Waals surface area contributed by atoms with Crippen molar-refractivity contribution in [1.82, 2.24) is 14.9 Å². The van der Waals surface area contributed by atoms with E-state index in [1.165, 1.54) is 0 Å². The van der Waals surface area contributed by atoms with Crippen LogP contribution in [-0.4, -0.2) is 34.8 Å². The summed E-state index contributed by atoms with van der Waals surface area (Å²) in [6, 6.07) is 3.58. The van der Waals surface area contributed by atoms with Gasteiger partial charge in [-0.3, -0.25) is 5.10 Å². The normalized spacial score (nSPS) is 11.1. The fourth-order valence-corrected chi connectivity index (χ4v) is 2.57. The van der Waals surface area contributed by atoms with Gasteiger partial charge >= 0.3 is 0 Å². The van der Waals surface area contributed by atoms with Crippen LogP contribution in [0.15, 0.2) is 17.2 Å². The zero-order valence-corrected chi connectivity index (χ0v) is 14.9. The number of hydrogen-bond acceptors (Lipinski definition) is 5. The van der Waals surface area contributed by atoms with Crippen molar-refractivity contribution in [2.45, 2.75) is 26.7 Å². The summed E-state index contributed by atoms with van der Waals surface area (Å²) in [6.07, 6.45) is 3.41. The van der Waals surface area contributed by atoms with E-state index in [-0.39, 0.29) is 0 Å². The van der Waals surface area contributed by atoms with Crippen molar-refractivity contribution in [2.24, 2.45) is 5.10 Å². The smallest absolute Gasteiger partial charge is 0.216 e. The Kier molecular flexibility index (Phi) is 6.18. The maximum Gasteiger partial charge on any atom is 0.216 e. The number of nitrogens with zero attached hydrogens (tertiary/aromatic N) is 3. The van der Waals surface area contributed by atoms with Crippen LogP contribution in [0.5, 0.6) is 11.5 Å². The van der Waals surface area contributed by atoms with Crippen molar-refractivity contribution in [2.75, 3.05) is 13.7 Å². The Bertz CT molecular complexity index is 754. The molecule has 0 aliphatic heterocycles. The third-order valence-electron chi connectivity index (χ3n) is 3.05. The topological polar surface area (TPSA) is 64.4 Å². The molecule has 1 heterocycles. The first-order valence-electron chi connectivity index (χ1n) is 7.31. The molecule has 1 N–H and O–H groups in total. The SMILES string of the molecule is CCCc1n[nH]c(=S)n1/N=C\c1cc(Cl)c(OC)c(OCC)c1. The van der Waals surface area contributed by atoms with Gasteiger partial charge in [0.15, 0.2) is 17.3 Å². The summed E-state index contributed by atoms with van der Waals surface area (Å²) in [4.78, 5) is 0. The summed E-state index contributed by atoms with van der Waals surface area (Å²) in [7, 11) is 1.55. The van der Waals surface area contributed by atoms with Crippen LogP contribution in [0.4, 0.5) is 0 Å². The van der Waals surface area contributed by atoms with E-state index in [1.807, 2.05) is 13.0 Å². The second-order valence-corrected chi connectivity index (χ2v) is 5.51. The monoisotopic (exact) mass is 354 g/mol. The van der Waals surface area contributed by atoms with Gasteiger partial charge in [0.1, 0.15) is 0 Å². The Labute approximate surface area is 145 Å². The summed E-state index contributed by atoms with van der Waals surface area (Å²) >= 11 is 11.4. The van der Waals surface area contributed by atoms with Crippen LogP contribution in [0.2, 0.25) is 5.02 Å². The van der Waals surface area contributed by atoms with Gasteiger partial charge in [0, 0.05) is 6.42 Å². The minimum atomic E-state index is 0.453. The van der Waals surface area contributed by atoms with Crippen molar-refractivity contribution < 1.29 is 9.47 Å². The van der Waals surface area contributed by atoms with E-state index in [0.717, 1.165) is 24.2 Å². The van der Waals surface area contributed by atoms with Gasteiger partial charge in [-0.2, -0.15) is 14.9 Å². The van der Waals surface area contributed by atoms with E-state index < -0.39 is 0 Å². The molecule has 6 nitrogen and oxygen atoms in total. The average molecular weight is 355 g/mol. The summed E-state index contributed by atoms with van der Waals surface area (Å²) < 4.78 is 12.9. The Morgan fingerprint density at radius 2 is 2.22 bits per heavy atom. The van der Waals surface area contributed by atoms with Crippen molar-refractivity contribution in [1.29, 1.82) is 0 Å². The molecule has 0 atom stereocenters. The van der Waals surface area contributed by atoms with E-state index >= 15 is 0 Å². The van der Waals surface area contributed by atoms with Crippen LogP contribution in [0.1, 0.15) is 31.7 Å². The lowest BCUT2D eigenvalue weighted by molar-refractivity contribution is 0.311. The lowest BCUT2D eigenvalue weighted by Gasteiger charge is -2.11. The average Bonchev–Trinajstić information content (AvgIpc) is 2.86. The van der Waals surface area contributed by atoms with Gasteiger partial charge in [-0.15, -0.1) is 0 Å². The summed E-state index contributed by atoms with van der Waals surface area (Å²) in [5.41, 5.74) is 0.782. The molecule has 0 bridgehead atoms. The van der Waals surface area contributed by atoms with Crippen LogP contribution < -0.4 is 9.47 Å². The van der Waals surface area contributed by atoms with Gasteiger partial charge in [-0.1, -0.05) is 18.5 Å². The predicted molar refractivity (Wildman–Crippen MR) is 93.6 cm³/mol. The number of aromatic amines is 1. The fraction of sp³-hybridized carbons (Fsp3) is 0.400. The van der Waals surface area contributed by atoms with E-state index in [9.17, 15) is 0 Å². The Balaban J connectivity index is 2.36. The maximum atomic E-state index is 6.23. The lowest BCUT2D eigenvalue weighted by Crippen LogP contribution is -2.00. The molecule has 1 aromatic heterocycles. The zero-order chi connectivity index (χ0) is 16.8. The summed E-state index contributed by atoms with van der Waals surface area (Å²) in [6.45, 7) is 4.49. The largest absolute Gasteiger partial charge is 0.491 e. The van der Waals surface area contributed by atoms with E-state index in [1.54, 1.807) is 24.1 Å². The number of hydrogen-bond donors (Lipinski definition) is 1. The quantitative estimate of drug-likeness (QED) is 0.606. The number of H-pyrrole nitrogens is 1. The predicted octanol–water partition coefficient (Wildman–Crippen LogP) is 3.84. The number of methoxy groups -OCH3 is 1. The molecule has 0 aliphatic rings. The third-order valence-corrected chi connectivity index (χ3v) is 3.59. The Morgan fingerprint density at radius 1 is 1.43 bits per heavy atom. The number of aryl methyl sites for hydroxylation is 1. The highest BCUT2D eigenvalue weighted by molar-refractivity contribution is 7.71. The molecule has 0 amide bonds. The zero-order valence-electron chi connectivity index (χ0n) is 13.3. The minimum Gasteiger partial charge on any atom is -0.491 e. The van der Waals surface area contributed by atoms with Crippen LogP contribution in [0.25, 0.3) is 0 Å². The maximum absolute atomic E-state index is 6.23. The van der Waals surface area contributed by atoms with Crippen LogP contribution in [-0.2, 0) is 6.42 Å². The molecule has 0 spiro atoms. The number of rotatable bonds is 7. The number of ether oxygens (including phenoxy) is 2. The molecule has 124 valence electrons. The van der Waals surface area contributed by atoms with Crippen LogP contribution in [0, 0.1) is 4.77 Å². The van der Waals surface area contributed by atoms with Crippen molar-refractivity contribution in [3.8, 4) is 11.5 Å². The Morgan fingerprint density at radius 3 is 2.87 bits per heavy atom. The van der Waals surface area contributed by atoms with Gasteiger partial charge in [-0.25, -0.2) is 0 Å². The molecule has 1 aromatic carbocycles. The molecule has 0 radical (unpaired) electrons. The van der Waals surface area contributed by atoms with Crippen molar-refractivity contribution >= 4 is 30.0 Å². The van der Waals surface area contributed by atoms with Crippen LogP contribution >= 0.6 is 23.8 Å². The number of aromatic nitrogens is 3. The molecule has 23 heavy (non-hydrogen) atoms. The first-order chi connectivity index (χ1) is 11.1. The lowest BCUT2D eigenvalue weighted by atomic mass is 10.2. The van der Waals surface area contributed by atoms with Gasteiger partial charge in [0.05, 0.1) is 25.0 Å². The molecule has 0 saturated heterocycles. The highest BCUT2D eigenvalue weighted by atomic mass is 35.5. The molecule has 2 rings (SSSR count). The second kappa shape index (κ2) is 8.12. The highest BCUT2D eigenvalue weighted by Gasteiger charge is 2.11. The van der Waals surface area contributed by atoms with E-state index in [2.05, 4.69) is 22.2 Å². The summed E-state index contributed by atoms with van der Waals surface area (Å²) in [5, 5.41) is 11.8. The molecular weight excluding hydrogens is 336 g/mol. The van der Waals surface area contributed by atoms with Crippen molar-refractivity contribution in [3.05, 3.63) is 33.3 Å². The van der Waals surface area contributed by atoms with E-state index in [4.69, 9.17) is 33.3 Å². The number of benzene rings is 1. The first-order valence-corrected chi connectivity index (χ1v) is 8.10. The molecule has 0 saturated carbocycles. The Hall–Kier alpha value is -1.86. The van der Waals surface area contributed by atoms with Gasteiger partial charge in [0.25, 0.3) is 0 Å². The molecule has 8 heteroatoms. The second-order valence-electron chi connectivity index (χ2n) is 4.72. The third kappa shape index (κ3) is 4.11. The van der Waals surface area contributed by atoms with Crippen molar-refractivity contribution in [3.63, 3.8) is 0 Å². The molecule has 0 fully saturated rings. The molecular formula is C15H19ClN4O2S. The standard InChI is InChI=1S/C15H19ClN4O2S/c1-4-6-13-18-19-15(23)20(13)17-9-10-7-11(16)14(21-3)12(8-10)22-5-2/h7-9H,4-6H2,1-3H3,(H,19,23)/b17-9-. The molecule has 0 unspecified atom stereocenters. The van der Waals surface area contributed by atoms with Gasteiger partial charge < -0.3 is 9.47 Å². The fourth-order valence-electron chi connectivity index (χ4n) is 2.08. The minimum absolute atomic E-state index is 0.453.